The molecule has 2 amide bonds. The van der Waals surface area contributed by atoms with E-state index in [2.05, 4.69) is 15.8 Å². The van der Waals surface area contributed by atoms with Crippen molar-refractivity contribution in [3.05, 3.63) is 41.7 Å². The molecule has 0 radical (unpaired) electrons. The summed E-state index contributed by atoms with van der Waals surface area (Å²) in [6.07, 6.45) is 0. The Bertz CT molecular complexity index is 787. The highest BCUT2D eigenvalue weighted by atomic mass is 16.5. The lowest BCUT2D eigenvalue weighted by Crippen LogP contribution is -2.41. The molecule has 23 heavy (non-hydrogen) atoms. The molecule has 1 aromatic carbocycles. The number of aryl methyl sites for hydroxylation is 1. The van der Waals surface area contributed by atoms with Crippen LogP contribution in [0.3, 0.4) is 0 Å². The molecular weight excluding hydrogens is 296 g/mol. The molecule has 0 saturated heterocycles. The van der Waals surface area contributed by atoms with E-state index >= 15 is 0 Å². The molecule has 1 heterocycles. The Morgan fingerprint density at radius 1 is 1.22 bits per heavy atom. The number of carbonyl (C=O) groups excluding carboxylic acids is 2. The molecule has 1 aromatic heterocycles. The second kappa shape index (κ2) is 6.32. The summed E-state index contributed by atoms with van der Waals surface area (Å²) in [5.74, 6) is -0.208. The number of nitriles is 1. The first-order valence-corrected chi connectivity index (χ1v) is 6.89. The highest BCUT2D eigenvalue weighted by Crippen LogP contribution is 2.22. The quantitative estimate of drug-likeness (QED) is 0.843. The van der Waals surface area contributed by atoms with Crippen LogP contribution < -0.4 is 10.6 Å². The zero-order valence-electron chi connectivity index (χ0n) is 13.0. The van der Waals surface area contributed by atoms with Crippen molar-refractivity contribution in [2.24, 2.45) is 5.41 Å². The average Bonchev–Trinajstić information content (AvgIpc) is 2.92. The molecule has 0 aliphatic rings. The Morgan fingerprint density at radius 2 is 1.91 bits per heavy atom. The van der Waals surface area contributed by atoms with Crippen LogP contribution in [0.4, 0.5) is 11.5 Å². The van der Waals surface area contributed by atoms with E-state index < -0.39 is 17.2 Å². The third-order valence-electron chi connectivity index (χ3n) is 3.25. The summed E-state index contributed by atoms with van der Waals surface area (Å²) < 4.78 is 4.86. The van der Waals surface area contributed by atoms with E-state index in [-0.39, 0.29) is 5.82 Å². The number of nitrogens with zero attached hydrogens (tertiary/aromatic N) is 2. The molecule has 2 rings (SSSR count). The summed E-state index contributed by atoms with van der Waals surface area (Å²) >= 11 is 0. The van der Waals surface area contributed by atoms with E-state index in [1.54, 1.807) is 31.2 Å². The fourth-order valence-electron chi connectivity index (χ4n) is 1.75. The maximum atomic E-state index is 12.4. The first-order valence-electron chi connectivity index (χ1n) is 6.89. The van der Waals surface area contributed by atoms with Gasteiger partial charge in [-0.2, -0.15) is 5.26 Å². The van der Waals surface area contributed by atoms with Crippen molar-refractivity contribution in [3.63, 3.8) is 0 Å². The van der Waals surface area contributed by atoms with Gasteiger partial charge >= 0.3 is 0 Å². The third-order valence-corrected chi connectivity index (χ3v) is 3.25. The molecule has 0 unspecified atom stereocenters. The normalized spacial score (nSPS) is 10.7. The zero-order valence-corrected chi connectivity index (χ0v) is 13.0. The summed E-state index contributed by atoms with van der Waals surface area (Å²) in [4.78, 5) is 24.7. The number of benzene rings is 1. The SMILES string of the molecule is Cc1cc(NC(=O)C(C)(C)C(=O)Nc2cccc(C#N)c2)no1. The molecule has 0 aliphatic carbocycles. The zero-order chi connectivity index (χ0) is 17.0. The molecule has 0 atom stereocenters. The van der Waals surface area contributed by atoms with Gasteiger partial charge in [-0.05, 0) is 39.0 Å². The van der Waals surface area contributed by atoms with E-state index in [0.29, 0.717) is 17.0 Å². The van der Waals surface area contributed by atoms with Crippen LogP contribution in [-0.4, -0.2) is 17.0 Å². The lowest BCUT2D eigenvalue weighted by atomic mass is 9.91. The smallest absolute Gasteiger partial charge is 0.240 e. The lowest BCUT2D eigenvalue weighted by molar-refractivity contribution is -0.135. The molecule has 0 spiro atoms. The van der Waals surface area contributed by atoms with E-state index in [1.807, 2.05) is 6.07 Å². The predicted molar refractivity (Wildman–Crippen MR) is 83.4 cm³/mol. The highest BCUT2D eigenvalue weighted by molar-refractivity contribution is 6.13. The van der Waals surface area contributed by atoms with Gasteiger partial charge in [0, 0.05) is 11.8 Å². The maximum absolute atomic E-state index is 12.4. The van der Waals surface area contributed by atoms with Gasteiger partial charge in [0.2, 0.25) is 11.8 Å². The minimum absolute atomic E-state index is 0.250. The summed E-state index contributed by atoms with van der Waals surface area (Å²) in [6, 6.07) is 10.0. The minimum Gasteiger partial charge on any atom is -0.360 e. The molecule has 0 bridgehead atoms. The number of anilines is 2. The fraction of sp³-hybridized carbons (Fsp3) is 0.250. The summed E-state index contributed by atoms with van der Waals surface area (Å²) in [6.45, 7) is 4.69. The molecule has 7 nitrogen and oxygen atoms in total. The van der Waals surface area contributed by atoms with Crippen LogP contribution in [0, 0.1) is 23.7 Å². The number of amides is 2. The van der Waals surface area contributed by atoms with Gasteiger partial charge in [0.1, 0.15) is 11.2 Å². The van der Waals surface area contributed by atoms with Gasteiger partial charge in [-0.3, -0.25) is 9.59 Å². The monoisotopic (exact) mass is 312 g/mol. The first-order chi connectivity index (χ1) is 10.8. The standard InChI is InChI=1S/C16H16N4O3/c1-10-7-13(20-23-10)19-15(22)16(2,3)14(21)18-12-6-4-5-11(8-12)9-17/h4-8H,1-3H3,(H,18,21)(H,19,20,22). The van der Waals surface area contributed by atoms with Crippen LogP contribution in [-0.2, 0) is 9.59 Å². The number of aromatic nitrogens is 1. The lowest BCUT2D eigenvalue weighted by Gasteiger charge is -2.22. The summed E-state index contributed by atoms with van der Waals surface area (Å²) in [7, 11) is 0. The van der Waals surface area contributed by atoms with Crippen molar-refractivity contribution < 1.29 is 14.1 Å². The summed E-state index contributed by atoms with van der Waals surface area (Å²) in [5, 5.41) is 17.7. The van der Waals surface area contributed by atoms with Crippen molar-refractivity contribution in [3.8, 4) is 6.07 Å². The van der Waals surface area contributed by atoms with Gasteiger partial charge in [-0.25, -0.2) is 0 Å². The molecule has 2 aromatic rings. The minimum atomic E-state index is -1.34. The summed E-state index contributed by atoms with van der Waals surface area (Å²) in [5.41, 5.74) is -0.467. The Kier molecular flexibility index (Phi) is 4.46. The van der Waals surface area contributed by atoms with Crippen LogP contribution in [0.1, 0.15) is 25.2 Å². The molecule has 0 saturated carbocycles. The maximum Gasteiger partial charge on any atom is 0.240 e. The number of hydrogen-bond acceptors (Lipinski definition) is 5. The molecular formula is C16H16N4O3. The van der Waals surface area contributed by atoms with E-state index in [0.717, 1.165) is 0 Å². The number of rotatable bonds is 4. The van der Waals surface area contributed by atoms with Gasteiger partial charge in [-0.1, -0.05) is 11.2 Å². The number of nitrogens with one attached hydrogen (secondary N) is 2. The Balaban J connectivity index is 2.09. The highest BCUT2D eigenvalue weighted by Gasteiger charge is 2.36. The number of carbonyl (C=O) groups is 2. The van der Waals surface area contributed by atoms with Crippen molar-refractivity contribution >= 4 is 23.3 Å². The van der Waals surface area contributed by atoms with Crippen molar-refractivity contribution in [2.75, 3.05) is 10.6 Å². The van der Waals surface area contributed by atoms with Crippen molar-refractivity contribution in [2.45, 2.75) is 20.8 Å². The topological polar surface area (TPSA) is 108 Å². The van der Waals surface area contributed by atoms with Crippen LogP contribution in [0.25, 0.3) is 0 Å². The van der Waals surface area contributed by atoms with Crippen molar-refractivity contribution in [1.29, 1.82) is 5.26 Å². The molecule has 2 N–H and O–H groups in total. The van der Waals surface area contributed by atoms with E-state index in [4.69, 9.17) is 9.78 Å². The third kappa shape index (κ3) is 3.74. The van der Waals surface area contributed by atoms with Crippen molar-refractivity contribution in [1.82, 2.24) is 5.16 Å². The fourth-order valence-corrected chi connectivity index (χ4v) is 1.75. The first kappa shape index (κ1) is 16.2. The second-order valence-corrected chi connectivity index (χ2v) is 5.55. The predicted octanol–water partition coefficient (Wildman–Crippen LogP) is 2.46. The van der Waals surface area contributed by atoms with E-state index in [9.17, 15) is 9.59 Å². The van der Waals surface area contributed by atoms with E-state index in [1.165, 1.54) is 19.9 Å². The van der Waals surface area contributed by atoms with Gasteiger partial charge in [-0.15, -0.1) is 0 Å². The molecule has 0 fully saturated rings. The average molecular weight is 312 g/mol. The van der Waals surface area contributed by atoms with Crippen LogP contribution >= 0.6 is 0 Å². The largest absolute Gasteiger partial charge is 0.360 e. The Hall–Kier alpha value is -3.14. The molecule has 0 aliphatic heterocycles. The number of hydrogen-bond donors (Lipinski definition) is 2. The van der Waals surface area contributed by atoms with Gasteiger partial charge in [0.25, 0.3) is 0 Å². The van der Waals surface area contributed by atoms with Gasteiger partial charge < -0.3 is 15.2 Å². The molecule has 118 valence electrons. The van der Waals surface area contributed by atoms with Crippen LogP contribution in [0.2, 0.25) is 0 Å². The van der Waals surface area contributed by atoms with Gasteiger partial charge in [0.05, 0.1) is 11.6 Å². The Morgan fingerprint density at radius 3 is 2.52 bits per heavy atom. The Labute approximate surface area is 133 Å². The van der Waals surface area contributed by atoms with Crippen LogP contribution in [0.5, 0.6) is 0 Å². The van der Waals surface area contributed by atoms with Crippen LogP contribution in [0.15, 0.2) is 34.9 Å². The van der Waals surface area contributed by atoms with Gasteiger partial charge in [0.15, 0.2) is 5.82 Å². The second-order valence-electron chi connectivity index (χ2n) is 5.55. The molecule has 7 heteroatoms.